The molecule has 1 fully saturated rings. The molecule has 4 nitrogen and oxygen atoms in total. The lowest BCUT2D eigenvalue weighted by Gasteiger charge is -2.34. The number of amides is 2. The summed E-state index contributed by atoms with van der Waals surface area (Å²) in [6.45, 7) is 2.82. The molecule has 1 aliphatic heterocycles. The number of benzene rings is 1. The third kappa shape index (κ3) is 4.36. The topological polar surface area (TPSA) is 49.4 Å². The Morgan fingerprint density at radius 3 is 2.77 bits per heavy atom. The zero-order valence-corrected chi connectivity index (χ0v) is 13.0. The average Bonchev–Trinajstić information content (AvgIpc) is 2.58. The number of piperidine rings is 1. The molecule has 0 saturated carbocycles. The summed E-state index contributed by atoms with van der Waals surface area (Å²) in [5.41, 5.74) is 0.928. The highest BCUT2D eigenvalue weighted by Gasteiger charge is 2.30. The molecule has 1 atom stereocenters. The van der Waals surface area contributed by atoms with Crippen LogP contribution in [0.5, 0.6) is 0 Å². The molecule has 0 aliphatic carbocycles. The van der Waals surface area contributed by atoms with Crippen LogP contribution in [0.15, 0.2) is 30.3 Å². The van der Waals surface area contributed by atoms with Gasteiger partial charge in [-0.25, -0.2) is 0 Å². The van der Waals surface area contributed by atoms with E-state index in [1.165, 1.54) is 0 Å². The number of nitrogens with one attached hydrogen (secondary N) is 1. The van der Waals surface area contributed by atoms with Crippen LogP contribution in [0.3, 0.4) is 0 Å². The summed E-state index contributed by atoms with van der Waals surface area (Å²) in [5, 5.41) is 2.83. The fraction of sp³-hybridized carbons (Fsp3) is 0.444. The summed E-state index contributed by atoms with van der Waals surface area (Å²) in [6, 6.07) is 9.32. The Balaban J connectivity index is 1.88. The van der Waals surface area contributed by atoms with E-state index in [0.29, 0.717) is 19.5 Å². The van der Waals surface area contributed by atoms with E-state index < -0.39 is 0 Å². The van der Waals surface area contributed by atoms with Gasteiger partial charge in [-0.3, -0.25) is 9.59 Å². The summed E-state index contributed by atoms with van der Waals surface area (Å²) in [6.07, 6.45) is 3.14. The van der Waals surface area contributed by atoms with Crippen molar-refractivity contribution in [3.05, 3.63) is 35.9 Å². The molecule has 1 unspecified atom stereocenters. The number of rotatable bonds is 3. The van der Waals surface area contributed by atoms with Crippen LogP contribution in [-0.4, -0.2) is 35.8 Å². The lowest BCUT2D eigenvalue weighted by Crippen LogP contribution is -2.51. The third-order valence-corrected chi connectivity index (χ3v) is 3.79. The molecule has 2 amide bonds. The maximum Gasteiger partial charge on any atom is 0.243 e. The highest BCUT2D eigenvalue weighted by Crippen LogP contribution is 2.18. The maximum absolute atomic E-state index is 12.3. The van der Waals surface area contributed by atoms with Crippen molar-refractivity contribution in [3.8, 4) is 11.8 Å². The fourth-order valence-corrected chi connectivity index (χ4v) is 2.62. The Hall–Kier alpha value is -2.28. The van der Waals surface area contributed by atoms with Crippen molar-refractivity contribution in [2.75, 3.05) is 13.1 Å². The Bertz CT molecular complexity index is 572. The normalized spacial score (nSPS) is 17.3. The zero-order chi connectivity index (χ0) is 15.8. The van der Waals surface area contributed by atoms with Crippen molar-refractivity contribution in [3.63, 3.8) is 0 Å². The van der Waals surface area contributed by atoms with E-state index in [1.54, 1.807) is 4.90 Å². The van der Waals surface area contributed by atoms with Gasteiger partial charge in [0.05, 0.1) is 6.54 Å². The van der Waals surface area contributed by atoms with Crippen LogP contribution >= 0.6 is 0 Å². The van der Waals surface area contributed by atoms with Gasteiger partial charge in [-0.2, -0.15) is 0 Å². The van der Waals surface area contributed by atoms with Gasteiger partial charge in [0.1, 0.15) is 6.04 Å². The Kier molecular flexibility index (Phi) is 6.02. The van der Waals surface area contributed by atoms with Crippen molar-refractivity contribution in [1.29, 1.82) is 0 Å². The number of carbonyl (C=O) groups excluding carboxylic acids is 2. The minimum atomic E-state index is -0.334. The van der Waals surface area contributed by atoms with E-state index in [4.69, 9.17) is 0 Å². The second kappa shape index (κ2) is 8.23. The molecule has 0 bridgehead atoms. The Morgan fingerprint density at radius 2 is 2.05 bits per heavy atom. The standard InChI is InChI=1S/C18H22N2O2/c1-2-17(21)20-14-7-6-12-16(20)18(22)19-13-8-11-15-9-4-3-5-10-15/h3-5,9-10,16H,2,6-7,12-14H2,1H3,(H,19,22). The van der Waals surface area contributed by atoms with E-state index in [9.17, 15) is 9.59 Å². The fourth-order valence-electron chi connectivity index (χ4n) is 2.62. The maximum atomic E-state index is 12.3. The Morgan fingerprint density at radius 1 is 1.27 bits per heavy atom. The van der Waals surface area contributed by atoms with E-state index in [2.05, 4.69) is 17.2 Å². The molecule has 1 aromatic rings. The van der Waals surface area contributed by atoms with E-state index in [-0.39, 0.29) is 17.9 Å². The van der Waals surface area contributed by atoms with Crippen molar-refractivity contribution in [2.24, 2.45) is 0 Å². The molecule has 1 saturated heterocycles. The van der Waals surface area contributed by atoms with Crippen molar-refractivity contribution in [2.45, 2.75) is 38.6 Å². The monoisotopic (exact) mass is 298 g/mol. The zero-order valence-electron chi connectivity index (χ0n) is 13.0. The van der Waals surface area contributed by atoms with Gasteiger partial charge in [0.25, 0.3) is 0 Å². The minimum absolute atomic E-state index is 0.0511. The van der Waals surface area contributed by atoms with Crippen LogP contribution in [0, 0.1) is 11.8 Å². The molecule has 4 heteroatoms. The van der Waals surface area contributed by atoms with Crippen molar-refractivity contribution < 1.29 is 9.59 Å². The van der Waals surface area contributed by atoms with E-state index in [0.717, 1.165) is 24.8 Å². The van der Waals surface area contributed by atoms with Crippen LogP contribution in [0.2, 0.25) is 0 Å². The molecule has 0 spiro atoms. The second-order valence-corrected chi connectivity index (χ2v) is 5.34. The highest BCUT2D eigenvalue weighted by atomic mass is 16.2. The summed E-state index contributed by atoms with van der Waals surface area (Å²) in [5.74, 6) is 5.90. The Labute approximate surface area is 131 Å². The second-order valence-electron chi connectivity index (χ2n) is 5.34. The molecule has 1 aromatic carbocycles. The number of hydrogen-bond acceptors (Lipinski definition) is 2. The third-order valence-electron chi connectivity index (χ3n) is 3.79. The molecule has 116 valence electrons. The first-order valence-electron chi connectivity index (χ1n) is 7.83. The van der Waals surface area contributed by atoms with Gasteiger partial charge in [-0.05, 0) is 31.4 Å². The molecule has 1 heterocycles. The van der Waals surface area contributed by atoms with Gasteiger partial charge < -0.3 is 10.2 Å². The summed E-state index contributed by atoms with van der Waals surface area (Å²) in [4.78, 5) is 25.9. The quantitative estimate of drug-likeness (QED) is 0.867. The van der Waals surface area contributed by atoms with Gasteiger partial charge >= 0.3 is 0 Å². The SMILES string of the molecule is CCC(=O)N1CCCCC1C(=O)NCC#Cc1ccccc1. The van der Waals surface area contributed by atoms with Gasteiger partial charge in [0.2, 0.25) is 11.8 Å². The lowest BCUT2D eigenvalue weighted by molar-refractivity contribution is -0.141. The van der Waals surface area contributed by atoms with Crippen LogP contribution in [0.25, 0.3) is 0 Å². The first kappa shape index (κ1) is 16.1. The number of carbonyl (C=O) groups is 2. The van der Waals surface area contributed by atoms with Crippen LogP contribution in [0.1, 0.15) is 38.2 Å². The highest BCUT2D eigenvalue weighted by molar-refractivity contribution is 5.87. The molecule has 22 heavy (non-hydrogen) atoms. The lowest BCUT2D eigenvalue weighted by atomic mass is 10.0. The van der Waals surface area contributed by atoms with Gasteiger partial charge in [0, 0.05) is 18.5 Å². The van der Waals surface area contributed by atoms with Crippen LogP contribution in [0.4, 0.5) is 0 Å². The molecule has 1 aliphatic rings. The van der Waals surface area contributed by atoms with Gasteiger partial charge in [-0.1, -0.05) is 37.0 Å². The molecular weight excluding hydrogens is 276 g/mol. The molecule has 0 aromatic heterocycles. The smallest absolute Gasteiger partial charge is 0.243 e. The summed E-state index contributed by atoms with van der Waals surface area (Å²) in [7, 11) is 0. The largest absolute Gasteiger partial charge is 0.343 e. The number of likely N-dealkylation sites (tertiary alicyclic amines) is 1. The molecule has 2 rings (SSSR count). The van der Waals surface area contributed by atoms with Crippen LogP contribution in [-0.2, 0) is 9.59 Å². The summed E-state index contributed by atoms with van der Waals surface area (Å²) >= 11 is 0. The molecule has 0 radical (unpaired) electrons. The predicted molar refractivity (Wildman–Crippen MR) is 86.0 cm³/mol. The van der Waals surface area contributed by atoms with Crippen molar-refractivity contribution >= 4 is 11.8 Å². The first-order chi connectivity index (χ1) is 10.7. The minimum Gasteiger partial charge on any atom is -0.343 e. The summed E-state index contributed by atoms with van der Waals surface area (Å²) < 4.78 is 0. The van der Waals surface area contributed by atoms with E-state index in [1.807, 2.05) is 37.3 Å². The van der Waals surface area contributed by atoms with Gasteiger partial charge in [0.15, 0.2) is 0 Å². The van der Waals surface area contributed by atoms with Crippen molar-refractivity contribution in [1.82, 2.24) is 10.2 Å². The molecular formula is C18H22N2O2. The number of hydrogen-bond donors (Lipinski definition) is 1. The average molecular weight is 298 g/mol. The van der Waals surface area contributed by atoms with Crippen LogP contribution < -0.4 is 5.32 Å². The number of nitrogens with zero attached hydrogens (tertiary/aromatic N) is 1. The van der Waals surface area contributed by atoms with E-state index >= 15 is 0 Å². The molecule has 1 N–H and O–H groups in total. The van der Waals surface area contributed by atoms with Gasteiger partial charge in [-0.15, -0.1) is 0 Å². The first-order valence-corrected chi connectivity index (χ1v) is 7.83. The predicted octanol–water partition coefficient (Wildman–Crippen LogP) is 1.95.